The van der Waals surface area contributed by atoms with Crippen molar-refractivity contribution in [2.75, 3.05) is 13.7 Å². The maximum absolute atomic E-state index is 13.8. The van der Waals surface area contributed by atoms with Gasteiger partial charge in [0, 0.05) is 0 Å². The number of carboxylic acids is 1. The molecule has 0 aliphatic carbocycles. The number of rotatable bonds is 7. The van der Waals surface area contributed by atoms with Crippen molar-refractivity contribution in [3.63, 3.8) is 0 Å². The third-order valence-electron chi connectivity index (χ3n) is 3.86. The number of methoxy groups -OCH3 is 1. The SMILES string of the molecule is CCOc1cc(CC(C(=O)O)c2ccc(C)c(F)c2)ccc1OC. The van der Waals surface area contributed by atoms with Crippen LogP contribution in [0, 0.1) is 12.7 Å². The van der Waals surface area contributed by atoms with Crippen LogP contribution in [0.3, 0.4) is 0 Å². The van der Waals surface area contributed by atoms with Gasteiger partial charge >= 0.3 is 5.97 Å². The molecule has 0 aromatic heterocycles. The number of halogens is 1. The smallest absolute Gasteiger partial charge is 0.311 e. The Morgan fingerprint density at radius 1 is 1.21 bits per heavy atom. The number of aryl methyl sites for hydroxylation is 1. The minimum atomic E-state index is -0.993. The van der Waals surface area contributed by atoms with E-state index >= 15 is 0 Å². The van der Waals surface area contributed by atoms with E-state index in [0.717, 1.165) is 5.56 Å². The topological polar surface area (TPSA) is 55.8 Å². The first kappa shape index (κ1) is 17.8. The molecule has 1 unspecified atom stereocenters. The molecule has 2 aromatic rings. The predicted molar refractivity (Wildman–Crippen MR) is 89.4 cm³/mol. The molecule has 4 nitrogen and oxygen atoms in total. The molecule has 0 saturated heterocycles. The van der Waals surface area contributed by atoms with Crippen LogP contribution in [-0.2, 0) is 11.2 Å². The molecule has 2 aromatic carbocycles. The number of aliphatic carboxylic acids is 1. The molecule has 0 saturated carbocycles. The second-order valence-corrected chi connectivity index (χ2v) is 5.52. The monoisotopic (exact) mass is 332 g/mol. The normalized spacial score (nSPS) is 11.8. The van der Waals surface area contributed by atoms with Crippen molar-refractivity contribution in [1.82, 2.24) is 0 Å². The number of ether oxygens (including phenoxy) is 2. The van der Waals surface area contributed by atoms with E-state index in [1.807, 2.05) is 6.92 Å². The van der Waals surface area contributed by atoms with E-state index in [2.05, 4.69) is 0 Å². The van der Waals surface area contributed by atoms with Gasteiger partial charge < -0.3 is 14.6 Å². The molecule has 0 spiro atoms. The summed E-state index contributed by atoms with van der Waals surface area (Å²) in [6, 6.07) is 9.85. The van der Waals surface area contributed by atoms with Crippen LogP contribution < -0.4 is 9.47 Å². The fourth-order valence-corrected chi connectivity index (χ4v) is 2.53. The van der Waals surface area contributed by atoms with Gasteiger partial charge in [-0.3, -0.25) is 4.79 Å². The van der Waals surface area contributed by atoms with Gasteiger partial charge in [-0.15, -0.1) is 0 Å². The Morgan fingerprint density at radius 2 is 1.96 bits per heavy atom. The summed E-state index contributed by atoms with van der Waals surface area (Å²) >= 11 is 0. The third kappa shape index (κ3) is 4.04. The van der Waals surface area contributed by atoms with Crippen molar-refractivity contribution in [3.05, 3.63) is 58.9 Å². The Morgan fingerprint density at radius 3 is 2.54 bits per heavy atom. The molecule has 0 aliphatic heterocycles. The van der Waals surface area contributed by atoms with Crippen LogP contribution in [0.4, 0.5) is 4.39 Å². The highest BCUT2D eigenvalue weighted by molar-refractivity contribution is 5.76. The molecule has 1 atom stereocenters. The van der Waals surface area contributed by atoms with Gasteiger partial charge in [0.25, 0.3) is 0 Å². The first-order valence-corrected chi connectivity index (χ1v) is 7.74. The Balaban J connectivity index is 2.32. The molecule has 0 amide bonds. The van der Waals surface area contributed by atoms with Gasteiger partial charge in [0.15, 0.2) is 11.5 Å². The number of hydrogen-bond acceptors (Lipinski definition) is 3. The number of carbonyl (C=O) groups is 1. The highest BCUT2D eigenvalue weighted by atomic mass is 19.1. The van der Waals surface area contributed by atoms with Gasteiger partial charge in [-0.1, -0.05) is 18.2 Å². The van der Waals surface area contributed by atoms with Crippen LogP contribution in [0.1, 0.15) is 29.5 Å². The summed E-state index contributed by atoms with van der Waals surface area (Å²) in [6.45, 7) is 3.99. The molecular formula is C19H21FO4. The van der Waals surface area contributed by atoms with E-state index in [1.54, 1.807) is 44.4 Å². The third-order valence-corrected chi connectivity index (χ3v) is 3.86. The maximum atomic E-state index is 13.8. The Labute approximate surface area is 140 Å². The quantitative estimate of drug-likeness (QED) is 0.834. The lowest BCUT2D eigenvalue weighted by molar-refractivity contribution is -0.138. The van der Waals surface area contributed by atoms with Crippen molar-refractivity contribution < 1.29 is 23.8 Å². The average molecular weight is 332 g/mol. The summed E-state index contributed by atoms with van der Waals surface area (Å²) in [5.41, 5.74) is 1.72. The first-order chi connectivity index (χ1) is 11.5. The number of carboxylic acid groups (broad SMARTS) is 1. The van der Waals surface area contributed by atoms with Crippen LogP contribution in [-0.4, -0.2) is 24.8 Å². The van der Waals surface area contributed by atoms with Gasteiger partial charge in [0.2, 0.25) is 0 Å². The molecular weight excluding hydrogens is 311 g/mol. The van der Waals surface area contributed by atoms with Gasteiger partial charge in [-0.25, -0.2) is 4.39 Å². The summed E-state index contributed by atoms with van der Waals surface area (Å²) in [5, 5.41) is 9.54. The van der Waals surface area contributed by atoms with E-state index in [1.165, 1.54) is 6.07 Å². The largest absolute Gasteiger partial charge is 0.493 e. The Kier molecular flexibility index (Phi) is 5.79. The van der Waals surface area contributed by atoms with E-state index in [0.29, 0.717) is 29.2 Å². The molecule has 1 N–H and O–H groups in total. The summed E-state index contributed by atoms with van der Waals surface area (Å²) in [7, 11) is 1.55. The summed E-state index contributed by atoms with van der Waals surface area (Å²) in [5.74, 6) is -1.07. The highest BCUT2D eigenvalue weighted by Crippen LogP contribution is 2.31. The van der Waals surface area contributed by atoms with Crippen LogP contribution in [0.5, 0.6) is 11.5 Å². The Hall–Kier alpha value is -2.56. The second-order valence-electron chi connectivity index (χ2n) is 5.52. The van der Waals surface area contributed by atoms with Crippen molar-refractivity contribution in [2.24, 2.45) is 0 Å². The molecule has 0 bridgehead atoms. The zero-order valence-corrected chi connectivity index (χ0v) is 14.0. The van der Waals surface area contributed by atoms with Crippen LogP contribution in [0.25, 0.3) is 0 Å². The summed E-state index contributed by atoms with van der Waals surface area (Å²) in [6.07, 6.45) is 0.238. The zero-order chi connectivity index (χ0) is 17.7. The standard InChI is InChI=1S/C19H21FO4/c1-4-24-18-10-13(6-8-17(18)23-3)9-15(19(21)22)14-7-5-12(2)16(20)11-14/h5-8,10-11,15H,4,9H2,1-3H3,(H,21,22). The molecule has 2 rings (SSSR count). The maximum Gasteiger partial charge on any atom is 0.311 e. The van der Waals surface area contributed by atoms with Crippen molar-refractivity contribution >= 4 is 5.97 Å². The summed E-state index contributed by atoms with van der Waals surface area (Å²) in [4.78, 5) is 11.7. The molecule has 128 valence electrons. The van der Waals surface area contributed by atoms with Gasteiger partial charge in [-0.2, -0.15) is 0 Å². The number of benzene rings is 2. The highest BCUT2D eigenvalue weighted by Gasteiger charge is 2.22. The molecule has 0 heterocycles. The second kappa shape index (κ2) is 7.81. The van der Waals surface area contributed by atoms with Crippen LogP contribution >= 0.6 is 0 Å². The average Bonchev–Trinajstić information content (AvgIpc) is 2.55. The predicted octanol–water partition coefficient (Wildman–Crippen LogP) is 3.95. The first-order valence-electron chi connectivity index (χ1n) is 7.74. The summed E-state index contributed by atoms with van der Waals surface area (Å²) < 4.78 is 24.5. The molecule has 0 fully saturated rings. The van der Waals surface area contributed by atoms with Crippen molar-refractivity contribution in [3.8, 4) is 11.5 Å². The molecule has 5 heteroatoms. The van der Waals surface area contributed by atoms with Crippen molar-refractivity contribution in [2.45, 2.75) is 26.2 Å². The zero-order valence-electron chi connectivity index (χ0n) is 14.0. The van der Waals surface area contributed by atoms with Gasteiger partial charge in [0.05, 0.1) is 19.6 Å². The van der Waals surface area contributed by atoms with Crippen LogP contribution in [0.2, 0.25) is 0 Å². The molecule has 0 radical (unpaired) electrons. The van der Waals surface area contributed by atoms with E-state index in [-0.39, 0.29) is 6.42 Å². The lowest BCUT2D eigenvalue weighted by Gasteiger charge is -2.16. The molecule has 0 aliphatic rings. The van der Waals surface area contributed by atoms with Crippen molar-refractivity contribution in [1.29, 1.82) is 0 Å². The Bertz CT molecular complexity index is 727. The van der Waals surface area contributed by atoms with E-state index < -0.39 is 17.7 Å². The van der Waals surface area contributed by atoms with Gasteiger partial charge in [0.1, 0.15) is 5.82 Å². The van der Waals surface area contributed by atoms with E-state index in [4.69, 9.17) is 9.47 Å². The van der Waals surface area contributed by atoms with E-state index in [9.17, 15) is 14.3 Å². The number of hydrogen-bond donors (Lipinski definition) is 1. The lowest BCUT2D eigenvalue weighted by Crippen LogP contribution is -2.15. The minimum absolute atomic E-state index is 0.238. The minimum Gasteiger partial charge on any atom is -0.493 e. The fraction of sp³-hybridized carbons (Fsp3) is 0.316. The fourth-order valence-electron chi connectivity index (χ4n) is 2.53. The molecule has 24 heavy (non-hydrogen) atoms. The van der Waals surface area contributed by atoms with Crippen LogP contribution in [0.15, 0.2) is 36.4 Å². The lowest BCUT2D eigenvalue weighted by atomic mass is 9.91. The van der Waals surface area contributed by atoms with Gasteiger partial charge in [-0.05, 0) is 55.2 Å².